The number of phenols is 1. The summed E-state index contributed by atoms with van der Waals surface area (Å²) >= 11 is 5.73. The lowest BCUT2D eigenvalue weighted by Crippen LogP contribution is -2.42. The van der Waals surface area contributed by atoms with Crippen molar-refractivity contribution in [1.82, 2.24) is 15.6 Å². The van der Waals surface area contributed by atoms with Crippen LogP contribution in [0.1, 0.15) is 16.8 Å². The second-order valence-electron chi connectivity index (χ2n) is 5.27. The van der Waals surface area contributed by atoms with Crippen LogP contribution in [0.15, 0.2) is 47.4 Å². The predicted molar refractivity (Wildman–Crippen MR) is 94.9 cm³/mol. The zero-order valence-corrected chi connectivity index (χ0v) is 15.3. The topological polar surface area (TPSA) is 125 Å². The highest BCUT2D eigenvalue weighted by molar-refractivity contribution is 7.89. The molecule has 0 spiro atoms. The highest BCUT2D eigenvalue weighted by Gasteiger charge is 2.15. The van der Waals surface area contributed by atoms with Crippen LogP contribution in [0, 0.1) is 5.82 Å². The molecule has 0 aliphatic rings. The molecule has 8 nitrogen and oxygen atoms in total. The Morgan fingerprint density at radius 3 is 2.41 bits per heavy atom. The Morgan fingerprint density at radius 1 is 1.07 bits per heavy atom. The Labute approximate surface area is 159 Å². The third kappa shape index (κ3) is 5.91. The Bertz CT molecular complexity index is 951. The fraction of sp³-hybridized carbons (Fsp3) is 0.125. The van der Waals surface area contributed by atoms with Gasteiger partial charge in [-0.3, -0.25) is 20.4 Å². The Kier molecular flexibility index (Phi) is 6.72. The first kappa shape index (κ1) is 20.6. The number of carbonyl (C=O) groups excluding carboxylic acids is 2. The van der Waals surface area contributed by atoms with Crippen LogP contribution in [0.2, 0.25) is 5.02 Å². The van der Waals surface area contributed by atoms with Crippen molar-refractivity contribution in [1.29, 1.82) is 0 Å². The van der Waals surface area contributed by atoms with Crippen LogP contribution in [-0.4, -0.2) is 31.9 Å². The molecule has 0 heterocycles. The quantitative estimate of drug-likeness (QED) is 0.529. The van der Waals surface area contributed by atoms with Crippen molar-refractivity contribution in [3.8, 4) is 5.75 Å². The van der Waals surface area contributed by atoms with Crippen molar-refractivity contribution in [3.63, 3.8) is 0 Å². The van der Waals surface area contributed by atoms with Gasteiger partial charge in [0.15, 0.2) is 0 Å². The molecule has 2 aromatic rings. The summed E-state index contributed by atoms with van der Waals surface area (Å²) in [5.74, 6) is -2.37. The van der Waals surface area contributed by atoms with E-state index in [0.717, 1.165) is 24.3 Å². The molecule has 27 heavy (non-hydrogen) atoms. The van der Waals surface area contributed by atoms with Gasteiger partial charge in [-0.15, -0.1) is 0 Å². The van der Waals surface area contributed by atoms with Crippen molar-refractivity contribution in [2.75, 3.05) is 6.54 Å². The van der Waals surface area contributed by atoms with E-state index in [-0.39, 0.29) is 34.2 Å². The van der Waals surface area contributed by atoms with E-state index in [9.17, 15) is 27.5 Å². The average Bonchev–Trinajstić information content (AvgIpc) is 2.62. The Balaban J connectivity index is 1.81. The molecular weight excluding hydrogens is 401 g/mol. The minimum Gasteiger partial charge on any atom is -0.507 e. The second kappa shape index (κ2) is 8.80. The standard InChI is InChI=1S/C16H15ClFN3O5S/c17-10-1-6-14(22)13(9-10)16(24)21-20-15(23)7-8-19-27(25,26)12-4-2-11(18)3-5-12/h1-6,9,19,22H,7-8H2,(H,20,23)(H,21,24). The van der Waals surface area contributed by atoms with E-state index in [1.165, 1.54) is 18.2 Å². The van der Waals surface area contributed by atoms with Gasteiger partial charge in [0.2, 0.25) is 15.9 Å². The molecule has 0 radical (unpaired) electrons. The molecule has 0 saturated carbocycles. The second-order valence-corrected chi connectivity index (χ2v) is 7.47. The van der Waals surface area contributed by atoms with Crippen LogP contribution >= 0.6 is 11.6 Å². The number of aromatic hydroxyl groups is 1. The number of rotatable bonds is 6. The Hall–Kier alpha value is -2.69. The van der Waals surface area contributed by atoms with Gasteiger partial charge in [-0.1, -0.05) is 11.6 Å². The summed E-state index contributed by atoms with van der Waals surface area (Å²) in [6, 6.07) is 8.02. The summed E-state index contributed by atoms with van der Waals surface area (Å²) in [4.78, 5) is 23.4. The number of benzene rings is 2. The number of phenolic OH excluding ortho intramolecular Hbond substituents is 1. The number of hydrogen-bond donors (Lipinski definition) is 4. The number of sulfonamides is 1. The molecular formula is C16H15ClFN3O5S. The molecule has 2 aromatic carbocycles. The smallest absolute Gasteiger partial charge is 0.273 e. The van der Waals surface area contributed by atoms with E-state index in [2.05, 4.69) is 15.6 Å². The van der Waals surface area contributed by atoms with Crippen molar-refractivity contribution in [2.24, 2.45) is 0 Å². The SMILES string of the molecule is O=C(CCNS(=O)(=O)c1ccc(F)cc1)NNC(=O)c1cc(Cl)ccc1O. The molecule has 4 N–H and O–H groups in total. The van der Waals surface area contributed by atoms with Crippen molar-refractivity contribution < 1.29 is 27.5 Å². The zero-order chi connectivity index (χ0) is 20.0. The minimum absolute atomic E-state index is 0.139. The molecule has 0 fully saturated rings. The molecule has 0 unspecified atom stereocenters. The van der Waals surface area contributed by atoms with Crippen LogP contribution in [0.4, 0.5) is 4.39 Å². The van der Waals surface area contributed by atoms with Gasteiger partial charge < -0.3 is 5.11 Å². The van der Waals surface area contributed by atoms with Crippen LogP contribution in [0.5, 0.6) is 5.75 Å². The van der Waals surface area contributed by atoms with Crippen LogP contribution in [0.25, 0.3) is 0 Å². The maximum Gasteiger partial charge on any atom is 0.273 e. The number of nitrogens with one attached hydrogen (secondary N) is 3. The van der Waals surface area contributed by atoms with E-state index in [1.807, 2.05) is 0 Å². The number of carbonyl (C=O) groups is 2. The first-order chi connectivity index (χ1) is 12.7. The van der Waals surface area contributed by atoms with Gasteiger partial charge in [0.05, 0.1) is 10.5 Å². The maximum atomic E-state index is 12.8. The minimum atomic E-state index is -3.89. The molecule has 0 bridgehead atoms. The van der Waals surface area contributed by atoms with Gasteiger partial charge in [-0.2, -0.15) is 0 Å². The lowest BCUT2D eigenvalue weighted by Gasteiger charge is -2.09. The zero-order valence-electron chi connectivity index (χ0n) is 13.7. The largest absolute Gasteiger partial charge is 0.507 e. The number of halogens is 2. The number of amides is 2. The number of hydrazine groups is 1. The predicted octanol–water partition coefficient (Wildman–Crippen LogP) is 1.31. The third-order valence-electron chi connectivity index (χ3n) is 3.29. The van der Waals surface area contributed by atoms with E-state index >= 15 is 0 Å². The van der Waals surface area contributed by atoms with Gasteiger partial charge in [0.1, 0.15) is 11.6 Å². The fourth-order valence-electron chi connectivity index (χ4n) is 1.94. The lowest BCUT2D eigenvalue weighted by atomic mass is 10.2. The first-order valence-corrected chi connectivity index (χ1v) is 9.38. The lowest BCUT2D eigenvalue weighted by molar-refractivity contribution is -0.121. The van der Waals surface area contributed by atoms with Gasteiger partial charge in [0.25, 0.3) is 5.91 Å². The van der Waals surface area contributed by atoms with Crippen LogP contribution < -0.4 is 15.6 Å². The normalized spacial score (nSPS) is 11.0. The maximum absolute atomic E-state index is 12.8. The average molecular weight is 416 g/mol. The van der Waals surface area contributed by atoms with E-state index < -0.39 is 27.7 Å². The summed E-state index contributed by atoms with van der Waals surface area (Å²) in [6.45, 7) is -0.246. The van der Waals surface area contributed by atoms with E-state index in [1.54, 1.807) is 0 Å². The molecule has 0 aromatic heterocycles. The molecule has 0 aliphatic carbocycles. The summed E-state index contributed by atoms with van der Waals surface area (Å²) in [5.41, 5.74) is 4.02. The van der Waals surface area contributed by atoms with Crippen molar-refractivity contribution >= 4 is 33.4 Å². The molecule has 2 rings (SSSR count). The van der Waals surface area contributed by atoms with Crippen molar-refractivity contribution in [2.45, 2.75) is 11.3 Å². The summed E-state index contributed by atoms with van der Waals surface area (Å²) in [5, 5.41) is 9.82. The summed E-state index contributed by atoms with van der Waals surface area (Å²) < 4.78 is 38.9. The van der Waals surface area contributed by atoms with Gasteiger partial charge in [0, 0.05) is 18.0 Å². The van der Waals surface area contributed by atoms with E-state index in [4.69, 9.17) is 11.6 Å². The molecule has 0 aliphatic heterocycles. The van der Waals surface area contributed by atoms with Gasteiger partial charge in [-0.05, 0) is 42.5 Å². The molecule has 11 heteroatoms. The highest BCUT2D eigenvalue weighted by Crippen LogP contribution is 2.20. The third-order valence-corrected chi connectivity index (χ3v) is 5.00. The summed E-state index contributed by atoms with van der Waals surface area (Å²) in [6.07, 6.45) is -0.276. The van der Waals surface area contributed by atoms with Crippen LogP contribution in [-0.2, 0) is 14.8 Å². The molecule has 2 amide bonds. The fourth-order valence-corrected chi connectivity index (χ4v) is 3.15. The first-order valence-electron chi connectivity index (χ1n) is 7.52. The Morgan fingerprint density at radius 2 is 1.74 bits per heavy atom. The molecule has 144 valence electrons. The summed E-state index contributed by atoms with van der Waals surface area (Å²) in [7, 11) is -3.89. The monoisotopic (exact) mass is 415 g/mol. The van der Waals surface area contributed by atoms with Gasteiger partial charge >= 0.3 is 0 Å². The number of hydrogen-bond acceptors (Lipinski definition) is 5. The van der Waals surface area contributed by atoms with Crippen LogP contribution in [0.3, 0.4) is 0 Å². The van der Waals surface area contributed by atoms with E-state index in [0.29, 0.717) is 0 Å². The highest BCUT2D eigenvalue weighted by atomic mass is 35.5. The molecule has 0 saturated heterocycles. The molecule has 0 atom stereocenters. The van der Waals surface area contributed by atoms with Gasteiger partial charge in [-0.25, -0.2) is 17.5 Å². The van der Waals surface area contributed by atoms with Crippen molar-refractivity contribution in [3.05, 3.63) is 58.9 Å².